The van der Waals surface area contributed by atoms with E-state index in [2.05, 4.69) is 25.1 Å². The number of ether oxygens (including phenoxy) is 1. The third-order valence-corrected chi connectivity index (χ3v) is 4.12. The van der Waals surface area contributed by atoms with Crippen molar-refractivity contribution in [2.24, 2.45) is 0 Å². The molecule has 0 aliphatic carbocycles. The summed E-state index contributed by atoms with van der Waals surface area (Å²) in [5, 5.41) is 7.95. The predicted molar refractivity (Wildman–Crippen MR) is 81.4 cm³/mol. The van der Waals surface area contributed by atoms with Gasteiger partial charge in [-0.25, -0.2) is 0 Å². The largest absolute Gasteiger partial charge is 0.374 e. The molecule has 2 aromatic heterocycles. The van der Waals surface area contributed by atoms with Gasteiger partial charge < -0.3 is 13.8 Å². The zero-order chi connectivity index (χ0) is 16.1. The van der Waals surface area contributed by atoms with E-state index in [1.54, 1.807) is 13.4 Å². The number of hydrogen-bond acceptors (Lipinski definition) is 8. The first-order chi connectivity index (χ1) is 11.2. The highest BCUT2D eigenvalue weighted by Crippen LogP contribution is 2.14. The Labute approximate surface area is 135 Å². The van der Waals surface area contributed by atoms with Crippen LogP contribution >= 0.6 is 0 Å². The molecule has 8 heteroatoms. The Balaban J connectivity index is 1.51. The van der Waals surface area contributed by atoms with Gasteiger partial charge in [-0.05, 0) is 26.4 Å². The number of aromatic nitrogens is 3. The van der Waals surface area contributed by atoms with Crippen LogP contribution in [0.25, 0.3) is 0 Å². The molecule has 0 N–H and O–H groups in total. The molecule has 0 aromatic carbocycles. The smallest absolute Gasteiger partial charge is 0.240 e. The van der Waals surface area contributed by atoms with Gasteiger partial charge in [0, 0.05) is 32.8 Å². The van der Waals surface area contributed by atoms with Crippen LogP contribution in [0, 0.1) is 0 Å². The van der Waals surface area contributed by atoms with Gasteiger partial charge in [0.05, 0.1) is 12.2 Å². The topological polar surface area (TPSA) is 80.7 Å². The Morgan fingerprint density at radius 2 is 1.96 bits per heavy atom. The first kappa shape index (κ1) is 16.1. The van der Waals surface area contributed by atoms with E-state index in [1.807, 2.05) is 13.0 Å². The molecule has 1 saturated heterocycles. The third kappa shape index (κ3) is 4.37. The SMILES string of the molecule is CO[C@H](C)c1noc(CN2CCCN(Cc3ccon3)CC2)n1. The van der Waals surface area contributed by atoms with Crippen LogP contribution in [0.4, 0.5) is 0 Å². The molecule has 1 fully saturated rings. The van der Waals surface area contributed by atoms with Crippen LogP contribution in [-0.4, -0.2) is 58.4 Å². The minimum atomic E-state index is -0.144. The summed E-state index contributed by atoms with van der Waals surface area (Å²) in [6, 6.07) is 1.92. The summed E-state index contributed by atoms with van der Waals surface area (Å²) in [6.45, 7) is 7.45. The van der Waals surface area contributed by atoms with Crippen molar-refractivity contribution in [1.82, 2.24) is 25.1 Å². The Morgan fingerprint density at radius 1 is 1.17 bits per heavy atom. The van der Waals surface area contributed by atoms with Gasteiger partial charge in [-0.3, -0.25) is 9.80 Å². The summed E-state index contributed by atoms with van der Waals surface area (Å²) in [5.74, 6) is 1.25. The lowest BCUT2D eigenvalue weighted by Crippen LogP contribution is -2.30. The molecular formula is C15H23N5O3. The highest BCUT2D eigenvalue weighted by atomic mass is 16.5. The summed E-state index contributed by atoms with van der Waals surface area (Å²) in [5.41, 5.74) is 0.980. The van der Waals surface area contributed by atoms with Crippen molar-refractivity contribution in [3.8, 4) is 0 Å². The van der Waals surface area contributed by atoms with Crippen molar-refractivity contribution >= 4 is 0 Å². The van der Waals surface area contributed by atoms with Gasteiger partial charge in [0.2, 0.25) is 5.89 Å². The molecule has 8 nitrogen and oxygen atoms in total. The summed E-state index contributed by atoms with van der Waals surface area (Å²) in [6.07, 6.45) is 2.58. The van der Waals surface area contributed by atoms with E-state index < -0.39 is 0 Å². The molecule has 1 aliphatic heterocycles. The summed E-state index contributed by atoms with van der Waals surface area (Å²) < 4.78 is 15.4. The second-order valence-electron chi connectivity index (χ2n) is 5.82. The van der Waals surface area contributed by atoms with Crippen molar-refractivity contribution in [1.29, 1.82) is 0 Å². The van der Waals surface area contributed by atoms with Crippen molar-refractivity contribution < 1.29 is 13.8 Å². The highest BCUT2D eigenvalue weighted by Gasteiger charge is 2.19. The predicted octanol–water partition coefficient (Wildman–Crippen LogP) is 1.47. The van der Waals surface area contributed by atoms with E-state index in [4.69, 9.17) is 13.8 Å². The molecule has 1 atom stereocenters. The maximum Gasteiger partial charge on any atom is 0.240 e. The lowest BCUT2D eigenvalue weighted by atomic mass is 10.3. The number of methoxy groups -OCH3 is 1. The molecule has 0 amide bonds. The fourth-order valence-corrected chi connectivity index (χ4v) is 2.68. The third-order valence-electron chi connectivity index (χ3n) is 4.12. The fraction of sp³-hybridized carbons (Fsp3) is 0.667. The molecule has 23 heavy (non-hydrogen) atoms. The molecule has 0 bridgehead atoms. The van der Waals surface area contributed by atoms with Crippen LogP contribution in [0.1, 0.15) is 36.9 Å². The number of hydrogen-bond donors (Lipinski definition) is 0. The maximum absolute atomic E-state index is 5.32. The highest BCUT2D eigenvalue weighted by molar-refractivity contribution is 4.95. The van der Waals surface area contributed by atoms with Crippen molar-refractivity contribution in [3.05, 3.63) is 29.7 Å². The summed E-state index contributed by atoms with van der Waals surface area (Å²) >= 11 is 0. The fourth-order valence-electron chi connectivity index (χ4n) is 2.68. The molecule has 1 aliphatic rings. The molecule has 3 rings (SSSR count). The lowest BCUT2D eigenvalue weighted by molar-refractivity contribution is 0.109. The van der Waals surface area contributed by atoms with Gasteiger partial charge in [-0.1, -0.05) is 10.3 Å². The second kappa shape index (κ2) is 7.67. The van der Waals surface area contributed by atoms with Crippen LogP contribution in [0.2, 0.25) is 0 Å². The van der Waals surface area contributed by atoms with Crippen LogP contribution in [0.5, 0.6) is 0 Å². The van der Waals surface area contributed by atoms with Crippen molar-refractivity contribution in [2.45, 2.75) is 32.5 Å². The first-order valence-electron chi connectivity index (χ1n) is 7.94. The Bertz CT molecular complexity index is 586. The van der Waals surface area contributed by atoms with Gasteiger partial charge >= 0.3 is 0 Å². The van der Waals surface area contributed by atoms with Gasteiger partial charge in [0.1, 0.15) is 12.4 Å². The molecule has 2 aromatic rings. The molecule has 0 radical (unpaired) electrons. The molecule has 3 heterocycles. The van der Waals surface area contributed by atoms with Crippen LogP contribution in [0.3, 0.4) is 0 Å². The first-order valence-corrected chi connectivity index (χ1v) is 7.94. The number of rotatable bonds is 6. The zero-order valence-electron chi connectivity index (χ0n) is 13.6. The van der Waals surface area contributed by atoms with Crippen LogP contribution < -0.4 is 0 Å². The van der Waals surface area contributed by atoms with E-state index in [1.165, 1.54) is 0 Å². The molecule has 126 valence electrons. The monoisotopic (exact) mass is 321 g/mol. The van der Waals surface area contributed by atoms with Crippen LogP contribution in [0.15, 0.2) is 21.4 Å². The van der Waals surface area contributed by atoms with E-state index in [-0.39, 0.29) is 6.10 Å². The molecule has 0 saturated carbocycles. The average Bonchev–Trinajstić information content (AvgIpc) is 3.18. The average molecular weight is 321 g/mol. The molecule has 0 spiro atoms. The summed E-state index contributed by atoms with van der Waals surface area (Å²) in [4.78, 5) is 9.14. The van der Waals surface area contributed by atoms with Gasteiger partial charge in [0.25, 0.3) is 0 Å². The Morgan fingerprint density at radius 3 is 2.65 bits per heavy atom. The van der Waals surface area contributed by atoms with Crippen molar-refractivity contribution in [2.75, 3.05) is 33.3 Å². The van der Waals surface area contributed by atoms with Gasteiger partial charge in [-0.15, -0.1) is 0 Å². The molecular weight excluding hydrogens is 298 g/mol. The zero-order valence-corrected chi connectivity index (χ0v) is 13.6. The Hall–Kier alpha value is -1.77. The summed E-state index contributed by atoms with van der Waals surface area (Å²) in [7, 11) is 1.64. The van der Waals surface area contributed by atoms with Crippen molar-refractivity contribution in [3.63, 3.8) is 0 Å². The maximum atomic E-state index is 5.32. The second-order valence-corrected chi connectivity index (χ2v) is 5.82. The van der Waals surface area contributed by atoms with E-state index in [9.17, 15) is 0 Å². The quantitative estimate of drug-likeness (QED) is 0.791. The minimum absolute atomic E-state index is 0.144. The van der Waals surface area contributed by atoms with Crippen LogP contribution in [-0.2, 0) is 17.8 Å². The van der Waals surface area contributed by atoms with E-state index >= 15 is 0 Å². The Kier molecular flexibility index (Phi) is 5.37. The molecule has 0 unspecified atom stereocenters. The van der Waals surface area contributed by atoms with E-state index in [0.717, 1.165) is 44.8 Å². The van der Waals surface area contributed by atoms with Gasteiger partial charge in [-0.2, -0.15) is 4.98 Å². The van der Waals surface area contributed by atoms with Gasteiger partial charge in [0.15, 0.2) is 5.82 Å². The standard InChI is InChI=1S/C15H23N5O3/c1-12(21-2)15-16-14(23-18-15)11-20-6-3-5-19(7-8-20)10-13-4-9-22-17-13/h4,9,12H,3,5-8,10-11H2,1-2H3/t12-/m1/s1. The minimum Gasteiger partial charge on any atom is -0.374 e. The van der Waals surface area contributed by atoms with E-state index in [0.29, 0.717) is 18.3 Å². The normalized spacial score (nSPS) is 18.9. The number of nitrogens with zero attached hydrogens (tertiary/aromatic N) is 5. The lowest BCUT2D eigenvalue weighted by Gasteiger charge is -2.19.